The summed E-state index contributed by atoms with van der Waals surface area (Å²) in [5.74, 6) is -1.71. The molecular formula is C9H5Cl2NO3. The Balaban J connectivity index is 2.34. The van der Waals surface area contributed by atoms with Crippen LogP contribution in [0.1, 0.15) is 17.9 Å². The number of hydrogen-bond acceptors (Lipinski definition) is 4. The van der Waals surface area contributed by atoms with E-state index in [1.54, 1.807) is 0 Å². The largest absolute Gasteiger partial charge is 0.393 e. The number of ether oxygens (including phenoxy) is 1. The number of halogens is 2. The van der Waals surface area contributed by atoms with Crippen molar-refractivity contribution in [1.29, 1.82) is 0 Å². The van der Waals surface area contributed by atoms with Gasteiger partial charge in [-0.2, -0.15) is 0 Å². The maximum Gasteiger partial charge on any atom is 0.321 e. The molecule has 0 spiro atoms. The van der Waals surface area contributed by atoms with E-state index in [9.17, 15) is 9.59 Å². The van der Waals surface area contributed by atoms with Gasteiger partial charge in [-0.3, -0.25) is 9.59 Å². The van der Waals surface area contributed by atoms with Gasteiger partial charge in [0.05, 0.1) is 17.4 Å². The number of cyclic esters (lactones) is 2. The van der Waals surface area contributed by atoms with Gasteiger partial charge in [-0.1, -0.05) is 23.2 Å². The minimum atomic E-state index is -0.611. The Labute approximate surface area is 95.1 Å². The van der Waals surface area contributed by atoms with Crippen molar-refractivity contribution in [2.75, 3.05) is 0 Å². The third-order valence-corrected chi connectivity index (χ3v) is 2.78. The molecule has 1 aromatic rings. The highest BCUT2D eigenvalue weighted by atomic mass is 35.5. The lowest BCUT2D eigenvalue weighted by Crippen LogP contribution is -2.06. The zero-order valence-electron chi connectivity index (χ0n) is 7.37. The number of aromatic nitrogens is 1. The molecule has 0 N–H and O–H groups in total. The molecule has 1 aliphatic rings. The summed E-state index contributed by atoms with van der Waals surface area (Å²) in [5.41, 5.74) is 0.542. The third kappa shape index (κ3) is 1.96. The topological polar surface area (TPSA) is 56.3 Å². The fourth-order valence-electron chi connectivity index (χ4n) is 1.36. The Kier molecular flexibility index (Phi) is 2.63. The van der Waals surface area contributed by atoms with Gasteiger partial charge in [-0.25, -0.2) is 4.98 Å². The molecule has 0 saturated carbocycles. The molecule has 0 aromatic carbocycles. The smallest absolute Gasteiger partial charge is 0.321 e. The summed E-state index contributed by atoms with van der Waals surface area (Å²) in [5, 5.41) is 0.416. The molecule has 0 aliphatic carbocycles. The maximum absolute atomic E-state index is 11.2. The molecule has 1 atom stereocenters. The van der Waals surface area contributed by atoms with Crippen LogP contribution in [-0.4, -0.2) is 16.9 Å². The highest BCUT2D eigenvalue weighted by Gasteiger charge is 2.35. The normalized spacial score (nSPS) is 20.5. The molecule has 1 aromatic heterocycles. The van der Waals surface area contributed by atoms with E-state index in [0.29, 0.717) is 5.56 Å². The molecule has 6 heteroatoms. The lowest BCUT2D eigenvalue weighted by Gasteiger charge is -2.04. The fraction of sp³-hybridized carbons (Fsp3) is 0.222. The zero-order chi connectivity index (χ0) is 11.0. The number of esters is 2. The average molecular weight is 246 g/mol. The fourth-order valence-corrected chi connectivity index (χ4v) is 1.63. The quantitative estimate of drug-likeness (QED) is 0.431. The molecule has 0 radical (unpaired) electrons. The average Bonchev–Trinajstić information content (AvgIpc) is 2.50. The molecular weight excluding hydrogens is 241 g/mol. The third-order valence-electron chi connectivity index (χ3n) is 2.09. The van der Waals surface area contributed by atoms with Gasteiger partial charge in [0.2, 0.25) is 0 Å². The van der Waals surface area contributed by atoms with Gasteiger partial charge < -0.3 is 4.74 Å². The summed E-state index contributed by atoms with van der Waals surface area (Å²) in [6.45, 7) is 0. The molecule has 2 rings (SSSR count). The number of hydrogen-bond donors (Lipinski definition) is 0. The molecule has 1 fully saturated rings. The van der Waals surface area contributed by atoms with E-state index in [-0.39, 0.29) is 16.6 Å². The van der Waals surface area contributed by atoms with Gasteiger partial charge in [0, 0.05) is 6.20 Å². The van der Waals surface area contributed by atoms with Gasteiger partial charge in [0.15, 0.2) is 0 Å². The van der Waals surface area contributed by atoms with E-state index in [1.165, 1.54) is 12.3 Å². The Morgan fingerprint density at radius 2 is 2.13 bits per heavy atom. The highest BCUT2D eigenvalue weighted by Crippen LogP contribution is 2.30. The highest BCUT2D eigenvalue weighted by molar-refractivity contribution is 6.41. The van der Waals surface area contributed by atoms with Crippen molar-refractivity contribution < 1.29 is 14.3 Å². The van der Waals surface area contributed by atoms with E-state index < -0.39 is 17.9 Å². The van der Waals surface area contributed by atoms with Crippen molar-refractivity contribution in [2.45, 2.75) is 12.3 Å². The van der Waals surface area contributed by atoms with Gasteiger partial charge >= 0.3 is 11.9 Å². The summed E-state index contributed by atoms with van der Waals surface area (Å²) < 4.78 is 4.42. The standard InChI is InChI=1S/C9H5Cl2NO3/c10-6-1-4(3-12-8(6)11)5-2-7(13)15-9(5)14/h1,3,5H,2H2. The van der Waals surface area contributed by atoms with Crippen LogP contribution in [0.25, 0.3) is 0 Å². The van der Waals surface area contributed by atoms with Crippen molar-refractivity contribution in [1.82, 2.24) is 4.98 Å². The molecule has 2 heterocycles. The van der Waals surface area contributed by atoms with Crippen LogP contribution < -0.4 is 0 Å². The first-order valence-electron chi connectivity index (χ1n) is 4.13. The number of nitrogens with zero attached hydrogens (tertiary/aromatic N) is 1. The van der Waals surface area contributed by atoms with Gasteiger partial charge in [-0.15, -0.1) is 0 Å². The van der Waals surface area contributed by atoms with Crippen molar-refractivity contribution in [3.63, 3.8) is 0 Å². The SMILES string of the molecule is O=C1CC(c2cnc(Cl)c(Cl)c2)C(=O)O1. The monoisotopic (exact) mass is 245 g/mol. The van der Waals surface area contributed by atoms with Crippen LogP contribution in [0.2, 0.25) is 10.2 Å². The summed E-state index contributed by atoms with van der Waals surface area (Å²) >= 11 is 11.4. The van der Waals surface area contributed by atoms with Gasteiger partial charge in [-0.05, 0) is 11.6 Å². The molecule has 1 unspecified atom stereocenters. The second kappa shape index (κ2) is 3.79. The molecule has 1 aliphatic heterocycles. The van der Waals surface area contributed by atoms with E-state index in [1.807, 2.05) is 0 Å². The Bertz CT molecular complexity index is 447. The Hall–Kier alpha value is -1.13. The predicted molar refractivity (Wildman–Crippen MR) is 52.7 cm³/mol. The lowest BCUT2D eigenvalue weighted by atomic mass is 10.00. The second-order valence-electron chi connectivity index (χ2n) is 3.09. The summed E-state index contributed by atoms with van der Waals surface area (Å²) in [4.78, 5) is 25.9. The van der Waals surface area contributed by atoms with Crippen LogP contribution in [0.15, 0.2) is 12.3 Å². The Morgan fingerprint density at radius 1 is 1.40 bits per heavy atom. The van der Waals surface area contributed by atoms with Crippen LogP contribution in [0, 0.1) is 0 Å². The first-order chi connectivity index (χ1) is 7.08. The van der Waals surface area contributed by atoms with Crippen molar-refractivity contribution in [3.8, 4) is 0 Å². The van der Waals surface area contributed by atoms with Gasteiger partial charge in [0.25, 0.3) is 0 Å². The summed E-state index contributed by atoms with van der Waals surface area (Å²) in [6.07, 6.45) is 1.44. The minimum absolute atomic E-state index is 0.0263. The van der Waals surface area contributed by atoms with E-state index in [2.05, 4.69) is 9.72 Å². The number of carbonyl (C=O) groups is 2. The number of pyridine rings is 1. The van der Waals surface area contributed by atoms with E-state index >= 15 is 0 Å². The number of carbonyl (C=O) groups excluding carboxylic acids is 2. The minimum Gasteiger partial charge on any atom is -0.393 e. The van der Waals surface area contributed by atoms with Gasteiger partial charge in [0.1, 0.15) is 5.15 Å². The van der Waals surface area contributed by atoms with Crippen molar-refractivity contribution in [3.05, 3.63) is 28.0 Å². The maximum atomic E-state index is 11.2. The zero-order valence-corrected chi connectivity index (χ0v) is 8.88. The molecule has 78 valence electrons. The first-order valence-corrected chi connectivity index (χ1v) is 4.89. The van der Waals surface area contributed by atoms with Crippen LogP contribution in [0.3, 0.4) is 0 Å². The van der Waals surface area contributed by atoms with Crippen molar-refractivity contribution in [2.24, 2.45) is 0 Å². The molecule has 1 saturated heterocycles. The Morgan fingerprint density at radius 3 is 2.67 bits per heavy atom. The first kappa shape index (κ1) is 10.4. The molecule has 0 amide bonds. The molecule has 15 heavy (non-hydrogen) atoms. The molecule has 4 nitrogen and oxygen atoms in total. The van der Waals surface area contributed by atoms with E-state index in [0.717, 1.165) is 0 Å². The molecule has 0 bridgehead atoms. The predicted octanol–water partition coefficient (Wildman–Crippen LogP) is 1.95. The second-order valence-corrected chi connectivity index (χ2v) is 3.86. The van der Waals surface area contributed by atoms with Crippen LogP contribution in [0.5, 0.6) is 0 Å². The lowest BCUT2D eigenvalue weighted by molar-refractivity contribution is -0.152. The summed E-state index contributed by atoms with van der Waals surface area (Å²) in [7, 11) is 0. The van der Waals surface area contributed by atoms with Crippen LogP contribution in [-0.2, 0) is 14.3 Å². The van der Waals surface area contributed by atoms with E-state index in [4.69, 9.17) is 23.2 Å². The van der Waals surface area contributed by atoms with Crippen LogP contribution >= 0.6 is 23.2 Å². The summed E-state index contributed by atoms with van der Waals surface area (Å²) in [6, 6.07) is 1.52. The van der Waals surface area contributed by atoms with Crippen LogP contribution in [0.4, 0.5) is 0 Å². The van der Waals surface area contributed by atoms with Crippen molar-refractivity contribution >= 4 is 35.1 Å². The number of rotatable bonds is 1.